The lowest BCUT2D eigenvalue weighted by Gasteiger charge is -2.01. The average Bonchev–Trinajstić information content (AvgIpc) is 2.19. The van der Waals surface area contributed by atoms with Crippen molar-refractivity contribution in [2.24, 2.45) is 5.73 Å². The molecule has 0 aliphatic carbocycles. The van der Waals surface area contributed by atoms with Crippen molar-refractivity contribution in [2.45, 2.75) is 11.3 Å². The van der Waals surface area contributed by atoms with Crippen molar-refractivity contribution in [3.63, 3.8) is 0 Å². The van der Waals surface area contributed by atoms with Crippen LogP contribution in [0.1, 0.15) is 12.0 Å². The largest absolute Gasteiger partial charge is 0.396 e. The molecule has 0 aromatic heterocycles. The molecule has 4 N–H and O–H groups in total. The summed E-state index contributed by atoms with van der Waals surface area (Å²) < 4.78 is 0. The van der Waals surface area contributed by atoms with Gasteiger partial charge in [-0.05, 0) is 18.6 Å². The van der Waals surface area contributed by atoms with Crippen molar-refractivity contribution < 1.29 is 5.11 Å². The van der Waals surface area contributed by atoms with Gasteiger partial charge in [0.1, 0.15) is 5.84 Å². The van der Waals surface area contributed by atoms with Crippen LogP contribution in [0.5, 0.6) is 0 Å². The Labute approximate surface area is 87.8 Å². The number of nitrogen functional groups attached to an aromatic ring is 1. The molecule has 0 unspecified atom stereocenters. The SMILES string of the molecule is N=C(N)c1ccc(SCCCO)cc1. The Bertz CT molecular complexity index is 297. The van der Waals surface area contributed by atoms with Gasteiger partial charge in [0, 0.05) is 22.8 Å². The first-order valence-corrected chi connectivity index (χ1v) is 5.40. The predicted molar refractivity (Wildman–Crippen MR) is 59.9 cm³/mol. The molecule has 4 heteroatoms. The molecule has 0 spiro atoms. The minimum atomic E-state index is 0.0944. The summed E-state index contributed by atoms with van der Waals surface area (Å²) in [5, 5.41) is 15.8. The first kappa shape index (κ1) is 11.1. The Morgan fingerprint density at radius 1 is 1.36 bits per heavy atom. The lowest BCUT2D eigenvalue weighted by molar-refractivity contribution is 0.296. The third kappa shape index (κ3) is 3.40. The van der Waals surface area contributed by atoms with E-state index in [4.69, 9.17) is 16.2 Å². The average molecular weight is 210 g/mol. The fraction of sp³-hybridized carbons (Fsp3) is 0.300. The first-order chi connectivity index (χ1) is 6.74. The van der Waals surface area contributed by atoms with E-state index in [9.17, 15) is 0 Å². The Hall–Kier alpha value is -1.00. The van der Waals surface area contributed by atoms with Crippen molar-refractivity contribution in [3.05, 3.63) is 29.8 Å². The molecule has 76 valence electrons. The van der Waals surface area contributed by atoms with E-state index < -0.39 is 0 Å². The molecule has 0 heterocycles. The highest BCUT2D eigenvalue weighted by atomic mass is 32.2. The lowest BCUT2D eigenvalue weighted by Crippen LogP contribution is -2.10. The van der Waals surface area contributed by atoms with Gasteiger partial charge >= 0.3 is 0 Å². The van der Waals surface area contributed by atoms with Gasteiger partial charge in [0.25, 0.3) is 0 Å². The van der Waals surface area contributed by atoms with Crippen LogP contribution in [0.4, 0.5) is 0 Å². The predicted octanol–water partition coefficient (Wildman–Crippen LogP) is 1.45. The quantitative estimate of drug-likeness (QED) is 0.298. The van der Waals surface area contributed by atoms with Gasteiger partial charge in [-0.3, -0.25) is 5.41 Å². The molecular formula is C10H14N2OS. The number of hydrogen-bond acceptors (Lipinski definition) is 3. The molecule has 1 rings (SSSR count). The molecule has 0 fully saturated rings. The molecule has 0 bridgehead atoms. The molecule has 14 heavy (non-hydrogen) atoms. The van der Waals surface area contributed by atoms with Gasteiger partial charge < -0.3 is 10.8 Å². The van der Waals surface area contributed by atoms with E-state index >= 15 is 0 Å². The molecule has 1 aromatic rings. The van der Waals surface area contributed by atoms with Gasteiger partial charge in [0.15, 0.2) is 0 Å². The zero-order chi connectivity index (χ0) is 10.4. The fourth-order valence-electron chi connectivity index (χ4n) is 0.985. The molecular weight excluding hydrogens is 196 g/mol. The molecule has 0 amide bonds. The van der Waals surface area contributed by atoms with Gasteiger partial charge in [-0.25, -0.2) is 0 Å². The first-order valence-electron chi connectivity index (χ1n) is 4.42. The Morgan fingerprint density at radius 3 is 2.50 bits per heavy atom. The highest BCUT2D eigenvalue weighted by Crippen LogP contribution is 2.18. The van der Waals surface area contributed by atoms with E-state index in [1.54, 1.807) is 11.8 Å². The standard InChI is InChI=1S/C10H14N2OS/c11-10(12)8-2-4-9(5-3-8)14-7-1-6-13/h2-5,13H,1,6-7H2,(H3,11,12). The number of rotatable bonds is 5. The second kappa shape index (κ2) is 5.67. The summed E-state index contributed by atoms with van der Waals surface area (Å²) in [6.07, 6.45) is 0.805. The summed E-state index contributed by atoms with van der Waals surface area (Å²) in [6.45, 7) is 0.235. The lowest BCUT2D eigenvalue weighted by atomic mass is 10.2. The number of nitrogens with one attached hydrogen (secondary N) is 1. The topological polar surface area (TPSA) is 70.1 Å². The van der Waals surface area contributed by atoms with Crippen LogP contribution in [0.3, 0.4) is 0 Å². The highest BCUT2D eigenvalue weighted by molar-refractivity contribution is 7.99. The number of hydrogen-bond donors (Lipinski definition) is 3. The molecule has 0 radical (unpaired) electrons. The minimum absolute atomic E-state index is 0.0944. The maximum atomic E-state index is 8.60. The molecule has 0 saturated carbocycles. The Kier molecular flexibility index (Phi) is 4.49. The number of aliphatic hydroxyl groups is 1. The third-order valence-electron chi connectivity index (χ3n) is 1.74. The van der Waals surface area contributed by atoms with E-state index in [1.165, 1.54) is 0 Å². The number of amidine groups is 1. The van der Waals surface area contributed by atoms with Gasteiger partial charge in [-0.1, -0.05) is 12.1 Å². The van der Waals surface area contributed by atoms with Gasteiger partial charge in [-0.2, -0.15) is 0 Å². The van der Waals surface area contributed by atoms with Crippen molar-refractivity contribution in [3.8, 4) is 0 Å². The molecule has 1 aromatic carbocycles. The van der Waals surface area contributed by atoms with Crippen LogP contribution >= 0.6 is 11.8 Å². The van der Waals surface area contributed by atoms with Crippen LogP contribution in [0.15, 0.2) is 29.2 Å². The van der Waals surface area contributed by atoms with Crippen LogP contribution < -0.4 is 5.73 Å². The Balaban J connectivity index is 2.51. The molecule has 0 aliphatic heterocycles. The smallest absolute Gasteiger partial charge is 0.122 e. The Morgan fingerprint density at radius 2 is 2.00 bits per heavy atom. The van der Waals surface area contributed by atoms with Crippen LogP contribution in [0.2, 0.25) is 0 Å². The van der Waals surface area contributed by atoms with E-state index in [0.29, 0.717) is 0 Å². The second-order valence-corrected chi connectivity index (χ2v) is 4.03. The normalized spacial score (nSPS) is 10.1. The zero-order valence-electron chi connectivity index (χ0n) is 7.86. The van der Waals surface area contributed by atoms with E-state index in [1.807, 2.05) is 24.3 Å². The van der Waals surface area contributed by atoms with E-state index in [2.05, 4.69) is 0 Å². The fourth-order valence-corrected chi connectivity index (χ4v) is 1.82. The maximum absolute atomic E-state index is 8.60. The monoisotopic (exact) mass is 210 g/mol. The summed E-state index contributed by atoms with van der Waals surface area (Å²) >= 11 is 1.69. The molecule has 0 aliphatic rings. The highest BCUT2D eigenvalue weighted by Gasteiger charge is 1.97. The summed E-state index contributed by atoms with van der Waals surface area (Å²) in [5.74, 6) is 1.01. The molecule has 0 saturated heterocycles. The summed E-state index contributed by atoms with van der Waals surface area (Å²) in [6, 6.07) is 7.56. The van der Waals surface area contributed by atoms with Crippen molar-refractivity contribution in [1.82, 2.24) is 0 Å². The van der Waals surface area contributed by atoms with Crippen molar-refractivity contribution in [2.75, 3.05) is 12.4 Å². The second-order valence-electron chi connectivity index (χ2n) is 2.86. The van der Waals surface area contributed by atoms with E-state index in [0.717, 1.165) is 22.6 Å². The maximum Gasteiger partial charge on any atom is 0.122 e. The van der Waals surface area contributed by atoms with Gasteiger partial charge in [0.05, 0.1) is 0 Å². The van der Waals surface area contributed by atoms with Crippen LogP contribution in [0.25, 0.3) is 0 Å². The van der Waals surface area contributed by atoms with Crippen molar-refractivity contribution in [1.29, 1.82) is 5.41 Å². The summed E-state index contributed by atoms with van der Waals surface area (Å²) in [4.78, 5) is 1.14. The van der Waals surface area contributed by atoms with Crippen LogP contribution in [-0.4, -0.2) is 23.3 Å². The summed E-state index contributed by atoms with van der Waals surface area (Å²) in [5.41, 5.74) is 6.08. The number of aliphatic hydroxyl groups excluding tert-OH is 1. The van der Waals surface area contributed by atoms with Crippen LogP contribution in [0, 0.1) is 5.41 Å². The number of benzene rings is 1. The van der Waals surface area contributed by atoms with Gasteiger partial charge in [-0.15, -0.1) is 11.8 Å². The molecule has 0 atom stereocenters. The minimum Gasteiger partial charge on any atom is -0.396 e. The third-order valence-corrected chi connectivity index (χ3v) is 2.83. The van der Waals surface area contributed by atoms with Crippen LogP contribution in [-0.2, 0) is 0 Å². The molecule has 3 nitrogen and oxygen atoms in total. The van der Waals surface area contributed by atoms with E-state index in [-0.39, 0.29) is 12.4 Å². The van der Waals surface area contributed by atoms with Crippen molar-refractivity contribution >= 4 is 17.6 Å². The zero-order valence-corrected chi connectivity index (χ0v) is 8.68. The van der Waals surface area contributed by atoms with Gasteiger partial charge in [0.2, 0.25) is 0 Å². The number of nitrogens with two attached hydrogens (primary N) is 1. The summed E-state index contributed by atoms with van der Waals surface area (Å²) in [7, 11) is 0. The number of thioether (sulfide) groups is 1.